The SMILES string of the molecule is Cc1nc(-c2n[nH]cc2Cc2ccc(C(F)(F)F)cc2)sc1C(=O)O. The van der Waals surface area contributed by atoms with Crippen LogP contribution in [0.4, 0.5) is 13.2 Å². The lowest BCUT2D eigenvalue weighted by molar-refractivity contribution is -0.137. The van der Waals surface area contributed by atoms with Crippen molar-refractivity contribution in [3.8, 4) is 10.7 Å². The molecular formula is C16H12F3N3O2S. The number of nitrogens with one attached hydrogen (secondary N) is 1. The molecule has 0 aliphatic heterocycles. The van der Waals surface area contributed by atoms with Crippen molar-refractivity contribution in [3.05, 3.63) is 57.7 Å². The highest BCUT2D eigenvalue weighted by Crippen LogP contribution is 2.31. The first-order valence-electron chi connectivity index (χ1n) is 7.15. The predicted molar refractivity (Wildman–Crippen MR) is 85.6 cm³/mol. The van der Waals surface area contributed by atoms with Gasteiger partial charge < -0.3 is 5.11 Å². The van der Waals surface area contributed by atoms with E-state index in [2.05, 4.69) is 15.2 Å². The van der Waals surface area contributed by atoms with Crippen LogP contribution in [0, 0.1) is 6.92 Å². The minimum Gasteiger partial charge on any atom is -0.477 e. The summed E-state index contributed by atoms with van der Waals surface area (Å²) in [6, 6.07) is 4.89. The lowest BCUT2D eigenvalue weighted by atomic mass is 10.0. The number of hydrogen-bond acceptors (Lipinski definition) is 4. The van der Waals surface area contributed by atoms with Crippen LogP contribution in [0.1, 0.15) is 32.1 Å². The van der Waals surface area contributed by atoms with Crippen LogP contribution in [-0.4, -0.2) is 26.3 Å². The minimum absolute atomic E-state index is 0.137. The molecule has 0 aliphatic rings. The van der Waals surface area contributed by atoms with Gasteiger partial charge in [-0.05, 0) is 24.6 Å². The number of aryl methyl sites for hydroxylation is 1. The third-order valence-electron chi connectivity index (χ3n) is 3.59. The Kier molecular flexibility index (Phi) is 4.34. The lowest BCUT2D eigenvalue weighted by Gasteiger charge is -2.07. The normalized spacial score (nSPS) is 11.7. The Hall–Kier alpha value is -2.68. The van der Waals surface area contributed by atoms with Crippen LogP contribution >= 0.6 is 11.3 Å². The maximum Gasteiger partial charge on any atom is 0.416 e. The van der Waals surface area contributed by atoms with Crippen molar-refractivity contribution in [3.63, 3.8) is 0 Å². The number of hydrogen-bond donors (Lipinski definition) is 2. The van der Waals surface area contributed by atoms with E-state index in [4.69, 9.17) is 5.11 Å². The maximum absolute atomic E-state index is 12.6. The van der Waals surface area contributed by atoms with Gasteiger partial charge in [0, 0.05) is 18.2 Å². The van der Waals surface area contributed by atoms with E-state index in [1.54, 1.807) is 13.1 Å². The molecule has 0 saturated carbocycles. The molecule has 0 aliphatic carbocycles. The van der Waals surface area contributed by atoms with Gasteiger partial charge in [-0.3, -0.25) is 5.10 Å². The summed E-state index contributed by atoms with van der Waals surface area (Å²) in [5.41, 5.74) is 1.61. The number of halogens is 3. The highest BCUT2D eigenvalue weighted by atomic mass is 32.1. The Morgan fingerprint density at radius 1 is 1.28 bits per heavy atom. The second-order valence-electron chi connectivity index (χ2n) is 5.37. The van der Waals surface area contributed by atoms with Crippen molar-refractivity contribution in [2.45, 2.75) is 19.5 Å². The number of aromatic carboxylic acids is 1. The van der Waals surface area contributed by atoms with Gasteiger partial charge >= 0.3 is 12.1 Å². The van der Waals surface area contributed by atoms with Gasteiger partial charge in [0.2, 0.25) is 0 Å². The van der Waals surface area contributed by atoms with E-state index in [9.17, 15) is 18.0 Å². The number of carbonyl (C=O) groups is 1. The summed E-state index contributed by atoms with van der Waals surface area (Å²) < 4.78 is 37.9. The smallest absolute Gasteiger partial charge is 0.416 e. The van der Waals surface area contributed by atoms with Gasteiger partial charge in [0.1, 0.15) is 15.6 Å². The zero-order chi connectivity index (χ0) is 18.2. The van der Waals surface area contributed by atoms with Crippen molar-refractivity contribution in [1.29, 1.82) is 0 Å². The van der Waals surface area contributed by atoms with E-state index in [0.717, 1.165) is 29.0 Å². The average molecular weight is 367 g/mol. The van der Waals surface area contributed by atoms with Crippen molar-refractivity contribution in [2.24, 2.45) is 0 Å². The molecular weight excluding hydrogens is 355 g/mol. The Balaban J connectivity index is 1.87. The molecule has 0 atom stereocenters. The third kappa shape index (κ3) is 3.55. The van der Waals surface area contributed by atoms with Gasteiger partial charge in [-0.2, -0.15) is 18.3 Å². The Labute approximate surface area is 144 Å². The number of aromatic amines is 1. The van der Waals surface area contributed by atoms with Gasteiger partial charge in [0.15, 0.2) is 0 Å². The fourth-order valence-corrected chi connectivity index (χ4v) is 3.29. The second-order valence-corrected chi connectivity index (χ2v) is 6.37. The van der Waals surface area contributed by atoms with Crippen LogP contribution in [0.3, 0.4) is 0 Å². The van der Waals surface area contributed by atoms with Crippen LogP contribution in [0.25, 0.3) is 10.7 Å². The highest BCUT2D eigenvalue weighted by Gasteiger charge is 2.30. The number of H-pyrrole nitrogens is 1. The summed E-state index contributed by atoms with van der Waals surface area (Å²) in [5.74, 6) is -1.05. The number of alkyl halides is 3. The average Bonchev–Trinajstić information content (AvgIpc) is 3.13. The zero-order valence-electron chi connectivity index (χ0n) is 12.9. The summed E-state index contributed by atoms with van der Waals surface area (Å²) in [6.07, 6.45) is -2.39. The number of aromatic nitrogens is 3. The largest absolute Gasteiger partial charge is 0.477 e. The number of benzene rings is 1. The van der Waals surface area contributed by atoms with Gasteiger partial charge in [0.05, 0.1) is 11.3 Å². The summed E-state index contributed by atoms with van der Waals surface area (Å²) >= 11 is 1.01. The molecule has 0 amide bonds. The molecule has 3 rings (SSSR count). The quantitative estimate of drug-likeness (QED) is 0.726. The first-order valence-corrected chi connectivity index (χ1v) is 7.97. The van der Waals surface area contributed by atoms with Crippen molar-refractivity contribution in [1.82, 2.24) is 15.2 Å². The van der Waals surface area contributed by atoms with Gasteiger partial charge in [-0.25, -0.2) is 9.78 Å². The molecule has 0 fully saturated rings. The third-order valence-corrected chi connectivity index (χ3v) is 4.74. The molecule has 25 heavy (non-hydrogen) atoms. The van der Waals surface area contributed by atoms with E-state index in [1.807, 2.05) is 0 Å². The van der Waals surface area contributed by atoms with E-state index in [1.165, 1.54) is 12.1 Å². The minimum atomic E-state index is -4.37. The molecule has 2 heterocycles. The van der Waals surface area contributed by atoms with E-state index >= 15 is 0 Å². The van der Waals surface area contributed by atoms with Gasteiger partial charge in [-0.15, -0.1) is 11.3 Å². The van der Waals surface area contributed by atoms with Gasteiger partial charge in [-0.1, -0.05) is 12.1 Å². The number of rotatable bonds is 4. The van der Waals surface area contributed by atoms with Crippen LogP contribution in [-0.2, 0) is 12.6 Å². The molecule has 5 nitrogen and oxygen atoms in total. The predicted octanol–water partition coefficient (Wildman–Crippen LogP) is 4.15. The first-order chi connectivity index (χ1) is 11.8. The summed E-state index contributed by atoms with van der Waals surface area (Å²) in [7, 11) is 0. The molecule has 3 aromatic rings. The molecule has 0 unspecified atom stereocenters. The molecule has 9 heteroatoms. The summed E-state index contributed by atoms with van der Waals surface area (Å²) in [5, 5.41) is 16.4. The maximum atomic E-state index is 12.6. The Morgan fingerprint density at radius 2 is 1.96 bits per heavy atom. The van der Waals surface area contributed by atoms with Crippen molar-refractivity contribution in [2.75, 3.05) is 0 Å². The van der Waals surface area contributed by atoms with Gasteiger partial charge in [0.25, 0.3) is 0 Å². The molecule has 130 valence electrons. The fraction of sp³-hybridized carbons (Fsp3) is 0.188. The second kappa shape index (κ2) is 6.32. The highest BCUT2D eigenvalue weighted by molar-refractivity contribution is 7.17. The van der Waals surface area contributed by atoms with Crippen LogP contribution in [0.5, 0.6) is 0 Å². The van der Waals surface area contributed by atoms with Crippen molar-refractivity contribution < 1.29 is 23.1 Å². The molecule has 0 spiro atoms. The summed E-state index contributed by atoms with van der Waals surface area (Å²) in [4.78, 5) is 15.5. The molecule has 1 aromatic carbocycles. The van der Waals surface area contributed by atoms with E-state index in [-0.39, 0.29) is 4.88 Å². The Morgan fingerprint density at radius 3 is 2.52 bits per heavy atom. The molecule has 0 radical (unpaired) electrons. The molecule has 2 N–H and O–H groups in total. The number of carboxylic acids is 1. The number of carboxylic acid groups (broad SMARTS) is 1. The number of thiazole rings is 1. The van der Waals surface area contributed by atoms with E-state index < -0.39 is 17.7 Å². The van der Waals surface area contributed by atoms with Crippen molar-refractivity contribution >= 4 is 17.3 Å². The zero-order valence-corrected chi connectivity index (χ0v) is 13.7. The topological polar surface area (TPSA) is 78.9 Å². The molecule has 2 aromatic heterocycles. The fourth-order valence-electron chi connectivity index (χ4n) is 2.36. The van der Waals surface area contributed by atoms with Crippen LogP contribution in [0.15, 0.2) is 30.5 Å². The van der Waals surface area contributed by atoms with Crippen LogP contribution < -0.4 is 0 Å². The first kappa shape index (κ1) is 17.2. The van der Waals surface area contributed by atoms with Crippen LogP contribution in [0.2, 0.25) is 0 Å². The molecule has 0 bridgehead atoms. The standard InChI is InChI=1S/C16H12F3N3O2S/c1-8-13(15(23)24)25-14(21-8)12-10(7-20-22-12)6-9-2-4-11(5-3-9)16(17,18)19/h2-5,7H,6H2,1H3,(H,20,22)(H,23,24). The van der Waals surface area contributed by atoms with E-state index in [0.29, 0.717) is 28.4 Å². The molecule has 0 saturated heterocycles. The summed E-state index contributed by atoms with van der Waals surface area (Å²) in [6.45, 7) is 1.60. The number of nitrogens with zero attached hydrogens (tertiary/aromatic N) is 2. The monoisotopic (exact) mass is 367 g/mol. The lowest BCUT2D eigenvalue weighted by Crippen LogP contribution is -2.04. The Bertz CT molecular complexity index is 914.